The molecule has 1 spiro atoms. The Morgan fingerprint density at radius 3 is 2.12 bits per heavy atom. The third-order valence-corrected chi connectivity index (χ3v) is 5.03. The van der Waals surface area contributed by atoms with Gasteiger partial charge < -0.3 is 18.9 Å². The highest BCUT2D eigenvalue weighted by Gasteiger charge is 2.46. The Kier molecular flexibility index (Phi) is 3.93. The average Bonchev–Trinajstić information content (AvgIpc) is 2.86. The maximum absolute atomic E-state index is 13.3. The van der Waals surface area contributed by atoms with E-state index in [1.807, 2.05) is 36.3 Å². The fourth-order valence-corrected chi connectivity index (χ4v) is 3.42. The second-order valence-electron chi connectivity index (χ2n) is 9.38. The molecule has 138 valence electrons. The number of carbonyl (C=O) groups excluding carboxylic acids is 2. The lowest BCUT2D eigenvalue weighted by atomic mass is 9.86. The third kappa shape index (κ3) is 3.26. The fourth-order valence-electron chi connectivity index (χ4n) is 3.42. The van der Waals surface area contributed by atoms with Crippen molar-refractivity contribution in [1.82, 2.24) is 9.47 Å². The van der Waals surface area contributed by atoms with Gasteiger partial charge in [0.1, 0.15) is 18.9 Å². The van der Waals surface area contributed by atoms with Crippen LogP contribution in [-0.2, 0) is 21.4 Å². The lowest BCUT2D eigenvalue weighted by Gasteiger charge is -2.42. The van der Waals surface area contributed by atoms with Gasteiger partial charge in [-0.05, 0) is 37.8 Å². The average molecular weight is 348 g/mol. The van der Waals surface area contributed by atoms with Gasteiger partial charge in [-0.3, -0.25) is 4.79 Å². The van der Waals surface area contributed by atoms with Crippen LogP contribution in [0, 0.1) is 5.41 Å². The van der Waals surface area contributed by atoms with Crippen LogP contribution in [0.5, 0.6) is 0 Å². The second-order valence-corrected chi connectivity index (χ2v) is 9.38. The number of cyclic esters (lactones) is 2. The van der Waals surface area contributed by atoms with Crippen molar-refractivity contribution in [3.05, 3.63) is 23.5 Å². The summed E-state index contributed by atoms with van der Waals surface area (Å²) in [5.41, 5.74) is 0.988. The zero-order valence-corrected chi connectivity index (χ0v) is 16.0. The SMILES string of the molecule is CC(C)(C)c1cc2n(c1)CC1(COC(=O)OC1)CN(C(C)(C)C)C2=O. The van der Waals surface area contributed by atoms with Gasteiger partial charge in [-0.2, -0.15) is 0 Å². The molecule has 0 unspecified atom stereocenters. The van der Waals surface area contributed by atoms with Gasteiger partial charge in [-0.1, -0.05) is 20.8 Å². The van der Waals surface area contributed by atoms with E-state index in [1.165, 1.54) is 0 Å². The van der Waals surface area contributed by atoms with E-state index in [0.29, 0.717) is 18.8 Å². The summed E-state index contributed by atoms with van der Waals surface area (Å²) in [5, 5.41) is 0. The number of hydrogen-bond donors (Lipinski definition) is 0. The Balaban J connectivity index is 2.08. The Labute approximate surface area is 149 Å². The smallest absolute Gasteiger partial charge is 0.433 e. The van der Waals surface area contributed by atoms with Crippen LogP contribution in [0.1, 0.15) is 57.6 Å². The van der Waals surface area contributed by atoms with Gasteiger partial charge in [0.15, 0.2) is 0 Å². The van der Waals surface area contributed by atoms with Crippen LogP contribution in [0.2, 0.25) is 0 Å². The van der Waals surface area contributed by atoms with Crippen molar-refractivity contribution >= 4 is 12.1 Å². The van der Waals surface area contributed by atoms with Gasteiger partial charge in [-0.25, -0.2) is 4.79 Å². The minimum atomic E-state index is -0.633. The van der Waals surface area contributed by atoms with Crippen molar-refractivity contribution in [3.63, 3.8) is 0 Å². The first-order chi connectivity index (χ1) is 11.4. The summed E-state index contributed by atoms with van der Waals surface area (Å²) in [5.74, 6) is 0.0109. The molecule has 25 heavy (non-hydrogen) atoms. The molecule has 1 amide bonds. The van der Waals surface area contributed by atoms with Crippen molar-refractivity contribution in [3.8, 4) is 0 Å². The summed E-state index contributed by atoms with van der Waals surface area (Å²) in [6.45, 7) is 14.1. The third-order valence-electron chi connectivity index (χ3n) is 5.03. The first-order valence-corrected chi connectivity index (χ1v) is 8.74. The molecule has 3 rings (SSSR count). The molecule has 2 aliphatic rings. The van der Waals surface area contributed by atoms with E-state index in [-0.39, 0.29) is 30.1 Å². The Bertz CT molecular complexity index is 696. The number of hydrogen-bond acceptors (Lipinski definition) is 4. The highest BCUT2D eigenvalue weighted by Crippen LogP contribution is 2.36. The molecule has 0 radical (unpaired) electrons. The number of nitrogens with zero attached hydrogens (tertiary/aromatic N) is 2. The van der Waals surface area contributed by atoms with Crippen molar-refractivity contribution in [2.45, 2.75) is 59.0 Å². The number of rotatable bonds is 0. The van der Waals surface area contributed by atoms with Gasteiger partial charge in [0.25, 0.3) is 5.91 Å². The number of amides is 1. The van der Waals surface area contributed by atoms with Crippen molar-refractivity contribution in [2.75, 3.05) is 19.8 Å². The second kappa shape index (κ2) is 5.51. The zero-order chi connectivity index (χ0) is 18.6. The molecule has 0 atom stereocenters. The van der Waals surface area contributed by atoms with E-state index in [0.717, 1.165) is 5.56 Å². The van der Waals surface area contributed by atoms with Crippen LogP contribution in [-0.4, -0.2) is 46.8 Å². The van der Waals surface area contributed by atoms with Gasteiger partial charge >= 0.3 is 6.16 Å². The predicted molar refractivity (Wildman–Crippen MR) is 93.7 cm³/mol. The van der Waals surface area contributed by atoms with E-state index in [9.17, 15) is 9.59 Å². The number of aromatic nitrogens is 1. The lowest BCUT2D eigenvalue weighted by molar-refractivity contribution is -0.0791. The van der Waals surface area contributed by atoms with E-state index in [2.05, 4.69) is 27.0 Å². The van der Waals surface area contributed by atoms with Gasteiger partial charge in [0.05, 0.1) is 5.41 Å². The van der Waals surface area contributed by atoms with Crippen LogP contribution < -0.4 is 0 Å². The van der Waals surface area contributed by atoms with Gasteiger partial charge in [0.2, 0.25) is 0 Å². The maximum Gasteiger partial charge on any atom is 0.508 e. The largest absolute Gasteiger partial charge is 0.508 e. The van der Waals surface area contributed by atoms with Gasteiger partial charge in [0, 0.05) is 24.8 Å². The summed E-state index contributed by atoms with van der Waals surface area (Å²) >= 11 is 0. The molecule has 0 N–H and O–H groups in total. The van der Waals surface area contributed by atoms with Crippen LogP contribution in [0.3, 0.4) is 0 Å². The molecule has 0 saturated carbocycles. The summed E-state index contributed by atoms with van der Waals surface area (Å²) in [7, 11) is 0. The zero-order valence-electron chi connectivity index (χ0n) is 16.0. The highest BCUT2D eigenvalue weighted by molar-refractivity contribution is 5.94. The van der Waals surface area contributed by atoms with Gasteiger partial charge in [-0.15, -0.1) is 0 Å². The van der Waals surface area contributed by atoms with E-state index >= 15 is 0 Å². The minimum absolute atomic E-state index is 0.0109. The minimum Gasteiger partial charge on any atom is -0.433 e. The first kappa shape index (κ1) is 17.8. The number of carbonyl (C=O) groups is 2. The molecule has 1 aromatic rings. The first-order valence-electron chi connectivity index (χ1n) is 8.74. The topological polar surface area (TPSA) is 60.8 Å². The van der Waals surface area contributed by atoms with Crippen LogP contribution in [0.4, 0.5) is 4.79 Å². The molecule has 1 fully saturated rings. The quantitative estimate of drug-likeness (QED) is 0.676. The van der Waals surface area contributed by atoms with Crippen molar-refractivity contribution < 1.29 is 19.1 Å². The summed E-state index contributed by atoms with van der Waals surface area (Å²) in [4.78, 5) is 26.5. The molecule has 0 bridgehead atoms. The molecule has 6 nitrogen and oxygen atoms in total. The van der Waals surface area contributed by atoms with Crippen LogP contribution >= 0.6 is 0 Å². The monoisotopic (exact) mass is 348 g/mol. The molecule has 0 aliphatic carbocycles. The predicted octanol–water partition coefficient (Wildman–Crippen LogP) is 3.19. The highest BCUT2D eigenvalue weighted by atomic mass is 16.7. The Morgan fingerprint density at radius 2 is 1.60 bits per heavy atom. The van der Waals surface area contributed by atoms with Crippen molar-refractivity contribution in [2.24, 2.45) is 5.41 Å². The fraction of sp³-hybridized carbons (Fsp3) is 0.684. The molecule has 3 heterocycles. The van der Waals surface area contributed by atoms with Crippen LogP contribution in [0.25, 0.3) is 0 Å². The summed E-state index contributed by atoms with van der Waals surface area (Å²) in [6, 6.07) is 2.00. The molecular weight excluding hydrogens is 320 g/mol. The maximum atomic E-state index is 13.3. The Morgan fingerprint density at radius 1 is 1.00 bits per heavy atom. The molecular formula is C19H28N2O4. The lowest BCUT2D eigenvalue weighted by Crippen LogP contribution is -2.54. The van der Waals surface area contributed by atoms with E-state index < -0.39 is 11.6 Å². The molecule has 6 heteroatoms. The normalized spacial score (nSPS) is 20.8. The molecule has 1 saturated heterocycles. The molecule has 2 aliphatic heterocycles. The number of fused-ring (bicyclic) bond motifs is 1. The summed E-state index contributed by atoms with van der Waals surface area (Å²) < 4.78 is 12.4. The van der Waals surface area contributed by atoms with Crippen LogP contribution in [0.15, 0.2) is 12.3 Å². The standard InChI is InChI=1S/C19H28N2O4/c1-17(2,3)13-7-14-15(22)21(18(4,5)6)10-19(9-20(14)8-13)11-24-16(23)25-12-19/h7-8H,9-12H2,1-6H3. The number of ether oxygens (including phenoxy) is 2. The van der Waals surface area contributed by atoms with Crippen molar-refractivity contribution in [1.29, 1.82) is 0 Å². The Hall–Kier alpha value is -1.98. The van der Waals surface area contributed by atoms with E-state index in [1.54, 1.807) is 0 Å². The summed E-state index contributed by atoms with van der Waals surface area (Å²) in [6.07, 6.45) is 1.42. The molecule has 1 aromatic heterocycles. The van der Waals surface area contributed by atoms with E-state index in [4.69, 9.17) is 9.47 Å². The molecule has 0 aromatic carbocycles.